The number of aliphatic hydroxyl groups excluding tert-OH is 1. The zero-order chi connectivity index (χ0) is 18.5. The van der Waals surface area contributed by atoms with Crippen LogP contribution in [-0.4, -0.2) is 23.1 Å². The molecule has 0 saturated heterocycles. The van der Waals surface area contributed by atoms with E-state index >= 15 is 0 Å². The van der Waals surface area contributed by atoms with Crippen LogP contribution in [-0.2, 0) is 6.61 Å². The van der Waals surface area contributed by atoms with Gasteiger partial charge >= 0.3 is 0 Å². The first-order valence-corrected chi connectivity index (χ1v) is 8.22. The smallest absolute Gasteiger partial charge is 0.257 e. The number of rotatable bonds is 5. The number of benzene rings is 2. The van der Waals surface area contributed by atoms with Crippen molar-refractivity contribution in [1.29, 1.82) is 0 Å². The quantitative estimate of drug-likeness (QED) is 0.735. The number of nitrogens with one attached hydrogen (secondary N) is 1. The summed E-state index contributed by atoms with van der Waals surface area (Å²) >= 11 is 0. The fourth-order valence-corrected chi connectivity index (χ4v) is 2.73. The number of pyridine rings is 1. The van der Waals surface area contributed by atoms with Crippen LogP contribution in [0.2, 0.25) is 0 Å². The lowest BCUT2D eigenvalue weighted by Crippen LogP contribution is -2.12. The third-order valence-corrected chi connectivity index (χ3v) is 4.06. The van der Waals surface area contributed by atoms with E-state index in [1.165, 1.54) is 13.3 Å². The van der Waals surface area contributed by atoms with E-state index in [0.29, 0.717) is 22.6 Å². The summed E-state index contributed by atoms with van der Waals surface area (Å²) < 4.78 is 5.17. The molecule has 0 saturated carbocycles. The zero-order valence-electron chi connectivity index (χ0n) is 14.7. The molecule has 1 amide bonds. The maximum atomic E-state index is 12.6. The third-order valence-electron chi connectivity index (χ3n) is 4.06. The Morgan fingerprint density at radius 1 is 1.12 bits per heavy atom. The van der Waals surface area contributed by atoms with Gasteiger partial charge in [-0.3, -0.25) is 9.78 Å². The highest BCUT2D eigenvalue weighted by molar-refractivity contribution is 6.04. The highest BCUT2D eigenvalue weighted by Crippen LogP contribution is 2.24. The van der Waals surface area contributed by atoms with Gasteiger partial charge in [-0.2, -0.15) is 0 Å². The molecule has 5 heteroatoms. The summed E-state index contributed by atoms with van der Waals surface area (Å²) in [7, 11) is 1.54. The van der Waals surface area contributed by atoms with Crippen molar-refractivity contribution in [2.45, 2.75) is 13.5 Å². The van der Waals surface area contributed by atoms with Gasteiger partial charge in [-0.25, -0.2) is 0 Å². The molecule has 0 bridgehead atoms. The van der Waals surface area contributed by atoms with Crippen LogP contribution in [0, 0.1) is 6.92 Å². The number of aryl methyl sites for hydroxylation is 1. The van der Waals surface area contributed by atoms with Crippen molar-refractivity contribution in [3.05, 3.63) is 77.6 Å². The van der Waals surface area contributed by atoms with Crippen molar-refractivity contribution in [3.8, 4) is 16.9 Å². The minimum atomic E-state index is -0.263. The Balaban J connectivity index is 1.83. The van der Waals surface area contributed by atoms with Gasteiger partial charge in [-0.15, -0.1) is 0 Å². The van der Waals surface area contributed by atoms with Gasteiger partial charge in [0, 0.05) is 29.2 Å². The number of anilines is 1. The molecular formula is C21H20N2O3. The SMILES string of the molecule is COc1ccc(NC(=O)c2cncc(-c3cccc(C)c3)c2)cc1CO. The Kier molecular flexibility index (Phi) is 5.29. The molecule has 132 valence electrons. The summed E-state index contributed by atoms with van der Waals surface area (Å²) in [5.41, 5.74) is 4.70. The Labute approximate surface area is 152 Å². The van der Waals surface area contributed by atoms with E-state index in [4.69, 9.17) is 4.74 Å². The molecule has 0 fully saturated rings. The van der Waals surface area contributed by atoms with Gasteiger partial charge in [-0.1, -0.05) is 29.8 Å². The standard InChI is InChI=1S/C21H20N2O3/c1-14-4-3-5-15(8-14)16-9-17(12-22-11-16)21(25)23-19-6-7-20(26-2)18(10-19)13-24/h3-12,24H,13H2,1-2H3,(H,23,25). The van der Waals surface area contributed by atoms with Crippen LogP contribution < -0.4 is 10.1 Å². The molecule has 1 aromatic heterocycles. The molecule has 0 radical (unpaired) electrons. The maximum absolute atomic E-state index is 12.6. The minimum absolute atomic E-state index is 0.169. The predicted octanol–water partition coefficient (Wildman–Crippen LogP) is 3.81. The molecule has 2 aromatic carbocycles. The van der Waals surface area contributed by atoms with Crippen LogP contribution in [0.15, 0.2) is 60.9 Å². The van der Waals surface area contributed by atoms with E-state index in [-0.39, 0.29) is 12.5 Å². The number of hydrogen-bond donors (Lipinski definition) is 2. The van der Waals surface area contributed by atoms with Crippen LogP contribution in [0.4, 0.5) is 5.69 Å². The van der Waals surface area contributed by atoms with E-state index in [0.717, 1.165) is 16.7 Å². The number of aromatic nitrogens is 1. The summed E-state index contributed by atoms with van der Waals surface area (Å²) in [4.78, 5) is 16.8. The first kappa shape index (κ1) is 17.6. The summed E-state index contributed by atoms with van der Waals surface area (Å²) in [6, 6.07) is 15.0. The molecule has 0 aliphatic rings. The predicted molar refractivity (Wildman–Crippen MR) is 101 cm³/mol. The van der Waals surface area contributed by atoms with Crippen LogP contribution in [0.1, 0.15) is 21.5 Å². The molecule has 5 nitrogen and oxygen atoms in total. The Morgan fingerprint density at radius 2 is 1.96 bits per heavy atom. The van der Waals surface area contributed by atoms with E-state index in [1.54, 1.807) is 24.4 Å². The van der Waals surface area contributed by atoms with Crippen molar-refractivity contribution < 1.29 is 14.6 Å². The number of ether oxygens (including phenoxy) is 1. The highest BCUT2D eigenvalue weighted by Gasteiger charge is 2.10. The molecule has 0 unspecified atom stereocenters. The van der Waals surface area contributed by atoms with E-state index < -0.39 is 0 Å². The molecule has 0 atom stereocenters. The van der Waals surface area contributed by atoms with E-state index in [2.05, 4.69) is 16.4 Å². The first-order valence-electron chi connectivity index (χ1n) is 8.22. The van der Waals surface area contributed by atoms with Gasteiger partial charge in [0.1, 0.15) is 5.75 Å². The number of carbonyl (C=O) groups excluding carboxylic acids is 1. The van der Waals surface area contributed by atoms with Gasteiger partial charge in [0.05, 0.1) is 19.3 Å². The number of amides is 1. The van der Waals surface area contributed by atoms with Gasteiger partial charge in [0.25, 0.3) is 5.91 Å². The largest absolute Gasteiger partial charge is 0.496 e. The van der Waals surface area contributed by atoms with Gasteiger partial charge in [0.2, 0.25) is 0 Å². The molecule has 2 N–H and O–H groups in total. The third kappa shape index (κ3) is 3.90. The summed E-state index contributed by atoms with van der Waals surface area (Å²) in [6.07, 6.45) is 3.27. The fourth-order valence-electron chi connectivity index (χ4n) is 2.73. The zero-order valence-corrected chi connectivity index (χ0v) is 14.7. The Hall–Kier alpha value is -3.18. The lowest BCUT2D eigenvalue weighted by atomic mass is 10.0. The van der Waals surface area contributed by atoms with Gasteiger partial charge < -0.3 is 15.2 Å². The van der Waals surface area contributed by atoms with Crippen molar-refractivity contribution in [2.24, 2.45) is 0 Å². The average molecular weight is 348 g/mol. The minimum Gasteiger partial charge on any atom is -0.496 e. The molecule has 3 aromatic rings. The molecule has 1 heterocycles. The highest BCUT2D eigenvalue weighted by atomic mass is 16.5. The fraction of sp³-hybridized carbons (Fsp3) is 0.143. The average Bonchev–Trinajstić information content (AvgIpc) is 2.68. The number of aliphatic hydroxyl groups is 1. The van der Waals surface area contributed by atoms with Crippen molar-refractivity contribution in [2.75, 3.05) is 12.4 Å². The summed E-state index contributed by atoms with van der Waals surface area (Å²) in [5, 5.41) is 12.2. The Morgan fingerprint density at radius 3 is 2.69 bits per heavy atom. The van der Waals surface area contributed by atoms with Crippen molar-refractivity contribution >= 4 is 11.6 Å². The molecular weight excluding hydrogens is 328 g/mol. The topological polar surface area (TPSA) is 71.5 Å². The lowest BCUT2D eigenvalue weighted by molar-refractivity contribution is 0.102. The second kappa shape index (κ2) is 7.80. The number of methoxy groups -OCH3 is 1. The Bertz CT molecular complexity index is 938. The van der Waals surface area contributed by atoms with Crippen molar-refractivity contribution in [3.63, 3.8) is 0 Å². The number of hydrogen-bond acceptors (Lipinski definition) is 4. The first-order chi connectivity index (χ1) is 12.6. The van der Waals surface area contributed by atoms with Crippen LogP contribution in [0.25, 0.3) is 11.1 Å². The van der Waals surface area contributed by atoms with E-state index in [9.17, 15) is 9.90 Å². The van der Waals surface area contributed by atoms with Crippen LogP contribution >= 0.6 is 0 Å². The monoisotopic (exact) mass is 348 g/mol. The molecule has 26 heavy (non-hydrogen) atoms. The van der Waals surface area contributed by atoms with Gasteiger partial charge in [-0.05, 0) is 36.8 Å². The van der Waals surface area contributed by atoms with Crippen LogP contribution in [0.3, 0.4) is 0 Å². The molecule has 3 rings (SSSR count). The maximum Gasteiger partial charge on any atom is 0.257 e. The van der Waals surface area contributed by atoms with Crippen LogP contribution in [0.5, 0.6) is 5.75 Å². The lowest BCUT2D eigenvalue weighted by Gasteiger charge is -2.11. The second-order valence-electron chi connectivity index (χ2n) is 5.97. The number of nitrogens with zero attached hydrogens (tertiary/aromatic N) is 1. The normalized spacial score (nSPS) is 10.4. The molecule has 0 aliphatic carbocycles. The molecule has 0 spiro atoms. The van der Waals surface area contributed by atoms with Crippen molar-refractivity contribution in [1.82, 2.24) is 4.98 Å². The summed E-state index contributed by atoms with van der Waals surface area (Å²) in [6.45, 7) is 1.85. The van der Waals surface area contributed by atoms with Gasteiger partial charge in [0.15, 0.2) is 0 Å². The number of carbonyl (C=O) groups is 1. The van der Waals surface area contributed by atoms with E-state index in [1.807, 2.05) is 31.2 Å². The molecule has 0 aliphatic heterocycles. The second-order valence-corrected chi connectivity index (χ2v) is 5.97. The summed E-state index contributed by atoms with van der Waals surface area (Å²) in [5.74, 6) is 0.315.